The Kier molecular flexibility index (Phi) is 8.90. The van der Waals surface area contributed by atoms with Crippen molar-refractivity contribution >= 4 is 56.2 Å². The van der Waals surface area contributed by atoms with Crippen LogP contribution in [0.5, 0.6) is 11.5 Å². The summed E-state index contributed by atoms with van der Waals surface area (Å²) in [6.07, 6.45) is 7.14. The van der Waals surface area contributed by atoms with Gasteiger partial charge in [0.1, 0.15) is 12.4 Å². The molecule has 1 aliphatic carbocycles. The van der Waals surface area contributed by atoms with Crippen LogP contribution in [0.4, 0.5) is 0 Å². The summed E-state index contributed by atoms with van der Waals surface area (Å²) >= 11 is 15.8. The molecule has 0 atom stereocenters. The molecule has 0 unspecified atom stereocenters. The maximum Gasteiger partial charge on any atom is 0.282 e. The molecule has 4 aromatic rings. The second kappa shape index (κ2) is 12.5. The first kappa shape index (κ1) is 27.7. The molecule has 1 aromatic heterocycles. The van der Waals surface area contributed by atoms with E-state index in [-0.39, 0.29) is 11.5 Å². The van der Waals surface area contributed by atoms with E-state index in [0.717, 1.165) is 47.1 Å². The van der Waals surface area contributed by atoms with E-state index in [1.54, 1.807) is 24.4 Å². The van der Waals surface area contributed by atoms with E-state index in [1.807, 2.05) is 43.3 Å². The maximum absolute atomic E-state index is 13.5. The van der Waals surface area contributed by atoms with Gasteiger partial charge in [-0.05, 0) is 77.7 Å². The summed E-state index contributed by atoms with van der Waals surface area (Å²) in [6.45, 7) is 2.66. The van der Waals surface area contributed by atoms with Crippen LogP contribution in [0.1, 0.15) is 61.9 Å². The smallest absolute Gasteiger partial charge is 0.282 e. The first-order valence-electron chi connectivity index (χ1n) is 13.0. The molecule has 6 nitrogen and oxygen atoms in total. The highest BCUT2D eigenvalue weighted by molar-refractivity contribution is 9.10. The Balaban J connectivity index is 1.48. The Hall–Kier alpha value is -2.87. The summed E-state index contributed by atoms with van der Waals surface area (Å²) in [5.41, 5.74) is 2.17. The molecule has 0 spiro atoms. The van der Waals surface area contributed by atoms with Gasteiger partial charge in [-0.25, -0.2) is 4.98 Å². The van der Waals surface area contributed by atoms with Crippen molar-refractivity contribution in [1.29, 1.82) is 0 Å². The highest BCUT2D eigenvalue weighted by atomic mass is 79.9. The van der Waals surface area contributed by atoms with Crippen molar-refractivity contribution in [2.75, 3.05) is 6.61 Å². The van der Waals surface area contributed by atoms with Crippen LogP contribution in [-0.4, -0.2) is 22.5 Å². The van der Waals surface area contributed by atoms with Crippen LogP contribution in [0.15, 0.2) is 69.0 Å². The molecular weight excluding hydrogens is 601 g/mol. The largest absolute Gasteiger partial charge is 0.490 e. The number of halogens is 3. The van der Waals surface area contributed by atoms with E-state index >= 15 is 0 Å². The molecule has 39 heavy (non-hydrogen) atoms. The number of hydrogen-bond donors (Lipinski definition) is 0. The normalized spacial score (nSPS) is 14.3. The molecule has 9 heteroatoms. The molecule has 202 valence electrons. The second-order valence-electron chi connectivity index (χ2n) is 9.47. The number of benzene rings is 3. The third kappa shape index (κ3) is 6.32. The van der Waals surface area contributed by atoms with Gasteiger partial charge in [0.2, 0.25) is 0 Å². The van der Waals surface area contributed by atoms with E-state index in [0.29, 0.717) is 45.7 Å². The second-order valence-corrected chi connectivity index (χ2v) is 11.1. The van der Waals surface area contributed by atoms with E-state index < -0.39 is 0 Å². The van der Waals surface area contributed by atoms with Crippen LogP contribution < -0.4 is 15.0 Å². The van der Waals surface area contributed by atoms with Crippen molar-refractivity contribution in [2.45, 2.75) is 51.6 Å². The fourth-order valence-electron chi connectivity index (χ4n) is 4.82. The molecule has 1 fully saturated rings. The summed E-state index contributed by atoms with van der Waals surface area (Å²) < 4.78 is 14.2. The summed E-state index contributed by atoms with van der Waals surface area (Å²) in [5.74, 6) is 2.06. The van der Waals surface area contributed by atoms with Crippen molar-refractivity contribution in [3.05, 3.63) is 96.4 Å². The van der Waals surface area contributed by atoms with Gasteiger partial charge in [0.05, 0.1) is 33.8 Å². The summed E-state index contributed by atoms with van der Waals surface area (Å²) in [7, 11) is 0. The predicted molar refractivity (Wildman–Crippen MR) is 161 cm³/mol. The van der Waals surface area contributed by atoms with Gasteiger partial charge in [0.25, 0.3) is 5.56 Å². The SMILES string of the molecule is CCOc1cc(C=Nn2c(C3CCCCC3)nc3ccccc3c2=O)c(Br)cc1OCc1ccc(Cl)c(Cl)c1. The topological polar surface area (TPSA) is 65.7 Å². The third-order valence-electron chi connectivity index (χ3n) is 6.80. The van der Waals surface area contributed by atoms with Crippen molar-refractivity contribution in [3.8, 4) is 11.5 Å². The minimum absolute atomic E-state index is 0.167. The van der Waals surface area contributed by atoms with Crippen molar-refractivity contribution in [3.63, 3.8) is 0 Å². The minimum Gasteiger partial charge on any atom is -0.490 e. The Bertz CT molecular complexity index is 1580. The standard InChI is InChI=1S/C30H28BrCl2N3O3/c1-2-38-27-15-21(23(31)16-28(27)39-18-19-12-13-24(32)25(33)14-19)17-34-36-29(20-8-4-3-5-9-20)35-26-11-7-6-10-22(26)30(36)37/h6-7,10-17,20H,2-5,8-9,18H2,1H3. The minimum atomic E-state index is -0.167. The van der Waals surface area contributed by atoms with Gasteiger partial charge in [-0.1, -0.05) is 60.7 Å². The predicted octanol–water partition coefficient (Wildman–Crippen LogP) is 8.37. The average molecular weight is 629 g/mol. The molecule has 5 rings (SSSR count). The summed E-state index contributed by atoms with van der Waals surface area (Å²) in [4.78, 5) is 18.4. The Morgan fingerprint density at radius 2 is 1.79 bits per heavy atom. The van der Waals surface area contributed by atoms with Gasteiger partial charge in [-0.2, -0.15) is 9.78 Å². The molecular formula is C30H28BrCl2N3O3. The van der Waals surface area contributed by atoms with E-state index in [1.165, 1.54) is 11.1 Å². The zero-order valence-electron chi connectivity index (χ0n) is 21.5. The lowest BCUT2D eigenvalue weighted by molar-refractivity contribution is 0.269. The Labute approximate surface area is 245 Å². The maximum atomic E-state index is 13.5. The number of aromatic nitrogens is 2. The third-order valence-corrected chi connectivity index (χ3v) is 8.23. The number of ether oxygens (including phenoxy) is 2. The monoisotopic (exact) mass is 627 g/mol. The lowest BCUT2D eigenvalue weighted by Crippen LogP contribution is -2.25. The van der Waals surface area contributed by atoms with Crippen LogP contribution in [0, 0.1) is 0 Å². The average Bonchev–Trinajstić information content (AvgIpc) is 2.95. The van der Waals surface area contributed by atoms with Gasteiger partial charge in [-0.3, -0.25) is 4.79 Å². The molecule has 3 aromatic carbocycles. The van der Waals surface area contributed by atoms with Crippen molar-refractivity contribution in [1.82, 2.24) is 9.66 Å². The molecule has 0 amide bonds. The number of hydrogen-bond acceptors (Lipinski definition) is 5. The first-order valence-corrected chi connectivity index (χ1v) is 14.6. The number of rotatable bonds is 8. The molecule has 0 radical (unpaired) electrons. The zero-order chi connectivity index (χ0) is 27.4. The molecule has 0 saturated heterocycles. The summed E-state index contributed by atoms with van der Waals surface area (Å²) in [6, 6.07) is 16.5. The number of nitrogens with zero attached hydrogens (tertiary/aromatic N) is 3. The van der Waals surface area contributed by atoms with Crippen LogP contribution in [0.25, 0.3) is 10.9 Å². The molecule has 0 aliphatic heterocycles. The summed E-state index contributed by atoms with van der Waals surface area (Å²) in [5, 5.41) is 6.19. The highest BCUT2D eigenvalue weighted by Gasteiger charge is 2.22. The number of fused-ring (bicyclic) bond motifs is 1. The van der Waals surface area contributed by atoms with Crippen molar-refractivity contribution in [2.24, 2.45) is 5.10 Å². The molecule has 0 N–H and O–H groups in total. The van der Waals surface area contributed by atoms with Crippen molar-refractivity contribution < 1.29 is 9.47 Å². The molecule has 1 aliphatic rings. The Morgan fingerprint density at radius 3 is 2.56 bits per heavy atom. The van der Waals surface area contributed by atoms with Gasteiger partial charge in [-0.15, -0.1) is 0 Å². The molecule has 1 heterocycles. The highest BCUT2D eigenvalue weighted by Crippen LogP contribution is 2.35. The quantitative estimate of drug-likeness (QED) is 0.184. The van der Waals surface area contributed by atoms with Crippen LogP contribution in [-0.2, 0) is 6.61 Å². The van der Waals surface area contributed by atoms with Gasteiger partial charge >= 0.3 is 0 Å². The fourth-order valence-corrected chi connectivity index (χ4v) is 5.56. The molecule has 1 saturated carbocycles. The van der Waals surface area contributed by atoms with Crippen LogP contribution in [0.3, 0.4) is 0 Å². The van der Waals surface area contributed by atoms with E-state index in [2.05, 4.69) is 21.0 Å². The van der Waals surface area contributed by atoms with Gasteiger partial charge in [0.15, 0.2) is 11.5 Å². The lowest BCUT2D eigenvalue weighted by atomic mass is 9.88. The first-order chi connectivity index (χ1) is 18.9. The lowest BCUT2D eigenvalue weighted by Gasteiger charge is -2.22. The van der Waals surface area contributed by atoms with E-state index in [9.17, 15) is 4.79 Å². The van der Waals surface area contributed by atoms with Gasteiger partial charge < -0.3 is 9.47 Å². The Morgan fingerprint density at radius 1 is 1.03 bits per heavy atom. The van der Waals surface area contributed by atoms with Gasteiger partial charge in [0, 0.05) is 16.0 Å². The van der Waals surface area contributed by atoms with Crippen LogP contribution >= 0.6 is 39.1 Å². The van der Waals surface area contributed by atoms with Crippen LogP contribution in [0.2, 0.25) is 10.0 Å². The fraction of sp³-hybridized carbons (Fsp3) is 0.300. The number of para-hydroxylation sites is 1. The zero-order valence-corrected chi connectivity index (χ0v) is 24.6. The van der Waals surface area contributed by atoms with E-state index in [4.69, 9.17) is 37.7 Å². The molecule has 0 bridgehead atoms.